The highest BCUT2D eigenvalue weighted by molar-refractivity contribution is 7.86. The molecular weight excluding hydrogens is 446 g/mol. The third-order valence-corrected chi connectivity index (χ3v) is 5.12. The van der Waals surface area contributed by atoms with Gasteiger partial charge in [-0.1, -0.05) is 12.1 Å². The van der Waals surface area contributed by atoms with Crippen molar-refractivity contribution in [2.75, 3.05) is 10.6 Å². The Bertz CT molecular complexity index is 1190. The van der Waals surface area contributed by atoms with E-state index in [0.717, 1.165) is 12.1 Å². The minimum atomic E-state index is -4.45. The fourth-order valence-electron chi connectivity index (χ4n) is 2.13. The Hall–Kier alpha value is -2.84. The van der Waals surface area contributed by atoms with Crippen molar-refractivity contribution in [3.8, 4) is 0 Å². The number of nitrogens with zero attached hydrogens (tertiary/aromatic N) is 3. The quantitative estimate of drug-likeness (QED) is 0.401. The molecular formula is C15H11ClN5O6S2. The van der Waals surface area contributed by atoms with Crippen molar-refractivity contribution in [3.05, 3.63) is 53.8 Å². The lowest BCUT2D eigenvalue weighted by atomic mass is 10.3. The Balaban J connectivity index is 1.88. The molecule has 0 unspecified atom stereocenters. The molecule has 0 aliphatic heterocycles. The summed E-state index contributed by atoms with van der Waals surface area (Å²) < 4.78 is 63.1. The first-order chi connectivity index (χ1) is 13.5. The van der Waals surface area contributed by atoms with Gasteiger partial charge in [-0.05, 0) is 41.9 Å². The van der Waals surface area contributed by atoms with E-state index in [-0.39, 0.29) is 33.5 Å². The van der Waals surface area contributed by atoms with Gasteiger partial charge in [0.25, 0.3) is 20.2 Å². The number of aromatic nitrogens is 3. The van der Waals surface area contributed by atoms with Gasteiger partial charge in [0.1, 0.15) is 4.90 Å². The van der Waals surface area contributed by atoms with Gasteiger partial charge < -0.3 is 10.6 Å². The highest BCUT2D eigenvalue weighted by Gasteiger charge is 2.13. The maximum absolute atomic E-state index is 11.2. The van der Waals surface area contributed by atoms with Crippen LogP contribution in [0.2, 0.25) is 5.28 Å². The van der Waals surface area contributed by atoms with Crippen LogP contribution in [0, 0.1) is 6.07 Å². The molecule has 0 amide bonds. The van der Waals surface area contributed by atoms with E-state index in [2.05, 4.69) is 31.7 Å². The number of anilines is 4. The number of hydrogen-bond donors (Lipinski definition) is 4. The van der Waals surface area contributed by atoms with Crippen LogP contribution in [-0.2, 0) is 20.2 Å². The summed E-state index contributed by atoms with van der Waals surface area (Å²) in [5.41, 5.74) is 0.467. The number of hydrogen-bond acceptors (Lipinski definition) is 9. The molecule has 4 N–H and O–H groups in total. The van der Waals surface area contributed by atoms with E-state index >= 15 is 0 Å². The lowest BCUT2D eigenvalue weighted by Gasteiger charge is -2.09. The molecule has 0 saturated heterocycles. The molecule has 0 bridgehead atoms. The summed E-state index contributed by atoms with van der Waals surface area (Å²) in [5.74, 6) is -0.122. The Morgan fingerprint density at radius 1 is 0.862 bits per heavy atom. The summed E-state index contributed by atoms with van der Waals surface area (Å²) in [6.07, 6.45) is 0. The van der Waals surface area contributed by atoms with E-state index in [1.54, 1.807) is 0 Å². The summed E-state index contributed by atoms with van der Waals surface area (Å²) in [6.45, 7) is 0. The van der Waals surface area contributed by atoms with Crippen molar-refractivity contribution >= 4 is 55.1 Å². The molecule has 0 saturated carbocycles. The Morgan fingerprint density at radius 3 is 2.07 bits per heavy atom. The van der Waals surface area contributed by atoms with Crippen LogP contribution in [-0.4, -0.2) is 40.9 Å². The highest BCUT2D eigenvalue weighted by Crippen LogP contribution is 2.22. The SMILES string of the molecule is O=S(=O)(O)c1[c]ccc(Nc2nc(Cl)nc(Nc3cccc(S(=O)(=O)O)c3)n2)c1. The normalized spacial score (nSPS) is 11.8. The highest BCUT2D eigenvalue weighted by atomic mass is 35.5. The summed E-state index contributed by atoms with van der Waals surface area (Å²) in [6, 6.07) is 11.5. The summed E-state index contributed by atoms with van der Waals surface area (Å²) in [4.78, 5) is 11.0. The van der Waals surface area contributed by atoms with Gasteiger partial charge in [-0.3, -0.25) is 9.11 Å². The first kappa shape index (κ1) is 20.9. The predicted octanol–water partition coefficient (Wildman–Crippen LogP) is 2.31. The summed E-state index contributed by atoms with van der Waals surface area (Å²) >= 11 is 5.87. The molecule has 29 heavy (non-hydrogen) atoms. The van der Waals surface area contributed by atoms with Crippen LogP contribution in [0.1, 0.15) is 0 Å². The molecule has 0 aliphatic carbocycles. The second kappa shape index (κ2) is 7.88. The standard InChI is InChI=1S/C15H11ClN5O6S2/c16-13-19-14(17-9-3-1-5-11(7-9)28(22,23)24)21-15(20-13)18-10-4-2-6-12(8-10)29(25,26)27/h1-5,7-8H,(H,22,23,24)(H,25,26,27)(H2,17,18,19,20,21). The van der Waals surface area contributed by atoms with Crippen LogP contribution in [0.4, 0.5) is 23.3 Å². The fraction of sp³-hybridized carbons (Fsp3) is 0. The second-order valence-electron chi connectivity index (χ2n) is 5.42. The first-order valence-electron chi connectivity index (χ1n) is 7.53. The predicted molar refractivity (Wildman–Crippen MR) is 103 cm³/mol. The second-order valence-corrected chi connectivity index (χ2v) is 8.57. The van der Waals surface area contributed by atoms with E-state index < -0.39 is 25.1 Å². The third kappa shape index (κ3) is 5.58. The van der Waals surface area contributed by atoms with Gasteiger partial charge >= 0.3 is 0 Å². The molecule has 11 nitrogen and oxygen atoms in total. The van der Waals surface area contributed by atoms with E-state index in [1.807, 2.05) is 0 Å². The van der Waals surface area contributed by atoms with Gasteiger partial charge in [0.05, 0.1) is 4.90 Å². The minimum Gasteiger partial charge on any atom is -0.324 e. The molecule has 1 radical (unpaired) electrons. The Kier molecular flexibility index (Phi) is 5.68. The maximum Gasteiger partial charge on any atom is 0.295 e. The number of halogens is 1. The third-order valence-electron chi connectivity index (χ3n) is 3.31. The van der Waals surface area contributed by atoms with Crippen molar-refractivity contribution < 1.29 is 25.9 Å². The molecule has 3 rings (SSSR count). The van der Waals surface area contributed by atoms with Crippen molar-refractivity contribution in [2.24, 2.45) is 0 Å². The lowest BCUT2D eigenvalue weighted by molar-refractivity contribution is 0.481. The molecule has 0 aliphatic rings. The molecule has 3 aromatic rings. The molecule has 1 aromatic heterocycles. The molecule has 151 valence electrons. The van der Waals surface area contributed by atoms with Crippen molar-refractivity contribution in [2.45, 2.75) is 9.79 Å². The monoisotopic (exact) mass is 456 g/mol. The number of benzene rings is 2. The molecule has 0 fully saturated rings. The summed E-state index contributed by atoms with van der Waals surface area (Å²) in [5, 5.41) is 5.20. The number of nitrogens with one attached hydrogen (secondary N) is 2. The van der Waals surface area contributed by atoms with Crippen LogP contribution in [0.25, 0.3) is 0 Å². The smallest absolute Gasteiger partial charge is 0.295 e. The molecule has 0 atom stereocenters. The number of rotatable bonds is 6. The van der Waals surface area contributed by atoms with Gasteiger partial charge in [-0.25, -0.2) is 0 Å². The van der Waals surface area contributed by atoms with Gasteiger partial charge in [0.15, 0.2) is 0 Å². The van der Waals surface area contributed by atoms with Gasteiger partial charge in [0, 0.05) is 17.4 Å². The summed E-state index contributed by atoms with van der Waals surface area (Å²) in [7, 11) is -8.84. The van der Waals surface area contributed by atoms with Gasteiger partial charge in [-0.2, -0.15) is 31.8 Å². The van der Waals surface area contributed by atoms with Crippen molar-refractivity contribution in [3.63, 3.8) is 0 Å². The van der Waals surface area contributed by atoms with Crippen LogP contribution in [0.5, 0.6) is 0 Å². The zero-order valence-electron chi connectivity index (χ0n) is 14.1. The van der Waals surface area contributed by atoms with Crippen molar-refractivity contribution in [1.82, 2.24) is 15.0 Å². The first-order valence-corrected chi connectivity index (χ1v) is 10.8. The van der Waals surface area contributed by atoms with Gasteiger partial charge in [0.2, 0.25) is 17.2 Å². The van der Waals surface area contributed by atoms with Crippen LogP contribution in [0.3, 0.4) is 0 Å². The van der Waals surface area contributed by atoms with E-state index in [1.165, 1.54) is 30.3 Å². The van der Waals surface area contributed by atoms with Crippen LogP contribution >= 0.6 is 11.6 Å². The van der Waals surface area contributed by atoms with E-state index in [9.17, 15) is 16.8 Å². The van der Waals surface area contributed by atoms with E-state index in [4.69, 9.17) is 20.7 Å². The molecule has 0 spiro atoms. The molecule has 14 heteroatoms. The molecule has 2 aromatic carbocycles. The topological polar surface area (TPSA) is 171 Å². The molecule has 1 heterocycles. The average Bonchev–Trinajstić information content (AvgIpc) is 2.60. The maximum atomic E-state index is 11.2. The van der Waals surface area contributed by atoms with Crippen LogP contribution in [0.15, 0.2) is 52.3 Å². The van der Waals surface area contributed by atoms with Crippen LogP contribution < -0.4 is 10.6 Å². The fourth-order valence-corrected chi connectivity index (χ4v) is 3.31. The van der Waals surface area contributed by atoms with Gasteiger partial charge in [-0.15, -0.1) is 0 Å². The zero-order valence-corrected chi connectivity index (χ0v) is 16.5. The largest absolute Gasteiger partial charge is 0.324 e. The lowest BCUT2D eigenvalue weighted by Crippen LogP contribution is -2.05. The van der Waals surface area contributed by atoms with E-state index in [0.29, 0.717) is 0 Å². The minimum absolute atomic E-state index is 0.0579. The zero-order chi connectivity index (χ0) is 21.2. The van der Waals surface area contributed by atoms with Crippen molar-refractivity contribution in [1.29, 1.82) is 0 Å². The Labute approximate surface area is 170 Å². The Morgan fingerprint density at radius 2 is 1.48 bits per heavy atom. The average molecular weight is 457 g/mol.